The zero-order chi connectivity index (χ0) is 15.7. The molecule has 8 heteroatoms. The number of amidine groups is 1. The summed E-state index contributed by atoms with van der Waals surface area (Å²) in [4.78, 5) is 28.3. The van der Waals surface area contributed by atoms with Crippen molar-refractivity contribution >= 4 is 23.7 Å². The van der Waals surface area contributed by atoms with Crippen LogP contribution in [0.1, 0.15) is 5.56 Å². The highest BCUT2D eigenvalue weighted by Gasteiger charge is 2.30. The van der Waals surface area contributed by atoms with Gasteiger partial charge in [0.2, 0.25) is 5.84 Å². The van der Waals surface area contributed by atoms with Crippen LogP contribution >= 0.6 is 0 Å². The van der Waals surface area contributed by atoms with E-state index in [0.717, 1.165) is 23.1 Å². The maximum atomic E-state index is 13.2. The van der Waals surface area contributed by atoms with Gasteiger partial charge in [-0.15, -0.1) is 0 Å². The number of rotatable bonds is 2. The summed E-state index contributed by atoms with van der Waals surface area (Å²) < 4.78 is 26.5. The predicted molar refractivity (Wildman–Crippen MR) is 70.3 cm³/mol. The van der Waals surface area contributed by atoms with Gasteiger partial charge in [0.05, 0.1) is 0 Å². The van der Waals surface area contributed by atoms with Crippen LogP contribution in [0.15, 0.2) is 22.8 Å². The van der Waals surface area contributed by atoms with Crippen LogP contribution in [0.4, 0.5) is 8.78 Å². The fourth-order valence-electron chi connectivity index (χ4n) is 1.74. The molecule has 110 valence electrons. The van der Waals surface area contributed by atoms with Gasteiger partial charge < -0.3 is 10.4 Å². The van der Waals surface area contributed by atoms with Gasteiger partial charge in [-0.25, -0.2) is 13.8 Å². The maximum absolute atomic E-state index is 13.2. The second-order valence-electron chi connectivity index (χ2n) is 4.24. The summed E-state index contributed by atoms with van der Waals surface area (Å²) in [6, 6.07) is 1.71. The smallest absolute Gasteiger partial charge is 0.287 e. The number of hydrogen-bond acceptors (Lipinski definition) is 4. The number of carbonyl (C=O) groups excluding carboxylic acids is 2. The number of aromatic hydroxyl groups is 1. The molecule has 1 aliphatic rings. The van der Waals surface area contributed by atoms with E-state index >= 15 is 0 Å². The van der Waals surface area contributed by atoms with Gasteiger partial charge in [-0.3, -0.25) is 14.5 Å². The Morgan fingerprint density at radius 1 is 1.38 bits per heavy atom. The molecular formula is C13H11F2N3O3. The molecule has 0 aromatic heterocycles. The minimum Gasteiger partial charge on any atom is -0.503 e. The Balaban J connectivity index is 2.44. The number of carbonyl (C=O) groups is 2. The molecule has 0 unspecified atom stereocenters. The van der Waals surface area contributed by atoms with Crippen molar-refractivity contribution in [3.63, 3.8) is 0 Å². The summed E-state index contributed by atoms with van der Waals surface area (Å²) in [7, 11) is 2.74. The first-order valence-corrected chi connectivity index (χ1v) is 5.83. The number of benzene rings is 1. The van der Waals surface area contributed by atoms with E-state index in [1.807, 2.05) is 0 Å². The Kier molecular flexibility index (Phi) is 3.70. The van der Waals surface area contributed by atoms with Crippen LogP contribution in [0, 0.1) is 11.6 Å². The Hall–Kier alpha value is -2.77. The van der Waals surface area contributed by atoms with E-state index in [1.54, 1.807) is 0 Å². The van der Waals surface area contributed by atoms with Crippen molar-refractivity contribution in [2.45, 2.75) is 0 Å². The van der Waals surface area contributed by atoms with Crippen LogP contribution in [0.2, 0.25) is 0 Å². The van der Waals surface area contributed by atoms with Crippen LogP contribution in [0.3, 0.4) is 0 Å². The third-order valence-electron chi connectivity index (χ3n) is 2.84. The molecular weight excluding hydrogens is 284 g/mol. The number of nitrogens with zero attached hydrogens (tertiary/aromatic N) is 2. The lowest BCUT2D eigenvalue weighted by Gasteiger charge is -2.09. The van der Waals surface area contributed by atoms with Gasteiger partial charge in [-0.2, -0.15) is 0 Å². The fourth-order valence-corrected chi connectivity index (χ4v) is 1.74. The van der Waals surface area contributed by atoms with E-state index in [4.69, 9.17) is 5.11 Å². The molecule has 0 radical (unpaired) electrons. The predicted octanol–water partition coefficient (Wildman–Crippen LogP) is 0.628. The number of phenolic OH excluding ortho intramolecular Hbond substituents is 1. The number of aliphatic imine (C=N–C) groups is 1. The second kappa shape index (κ2) is 5.31. The van der Waals surface area contributed by atoms with Crippen molar-refractivity contribution in [3.8, 4) is 5.75 Å². The molecule has 1 aliphatic heterocycles. The van der Waals surface area contributed by atoms with Gasteiger partial charge in [0, 0.05) is 14.1 Å². The Labute approximate surface area is 118 Å². The van der Waals surface area contributed by atoms with Crippen molar-refractivity contribution in [3.05, 3.63) is 35.0 Å². The van der Waals surface area contributed by atoms with Gasteiger partial charge in [0.25, 0.3) is 11.8 Å². The van der Waals surface area contributed by atoms with Crippen molar-refractivity contribution in [1.82, 2.24) is 10.2 Å². The van der Waals surface area contributed by atoms with Crippen molar-refractivity contribution < 1.29 is 23.5 Å². The summed E-state index contributed by atoms with van der Waals surface area (Å²) in [5.74, 6) is -4.66. The number of nitrogens with one attached hydrogen (secondary N) is 1. The van der Waals surface area contributed by atoms with Crippen LogP contribution in [0.25, 0.3) is 6.08 Å². The first-order valence-electron chi connectivity index (χ1n) is 5.83. The van der Waals surface area contributed by atoms with Crippen LogP contribution in [0.5, 0.6) is 5.75 Å². The molecule has 1 aromatic carbocycles. The second-order valence-corrected chi connectivity index (χ2v) is 4.24. The molecule has 0 bridgehead atoms. The number of likely N-dealkylation sites (N-methyl/N-ethyl adjacent to an activating group) is 2. The highest BCUT2D eigenvalue weighted by molar-refractivity contribution is 6.43. The minimum atomic E-state index is -1.16. The zero-order valence-corrected chi connectivity index (χ0v) is 11.1. The summed E-state index contributed by atoms with van der Waals surface area (Å²) in [6.45, 7) is 0. The molecule has 0 fully saturated rings. The topological polar surface area (TPSA) is 82.0 Å². The number of amides is 2. The van der Waals surface area contributed by atoms with Crippen LogP contribution < -0.4 is 5.32 Å². The van der Waals surface area contributed by atoms with E-state index in [-0.39, 0.29) is 17.1 Å². The fraction of sp³-hybridized carbons (Fsp3) is 0.154. The molecule has 1 heterocycles. The van der Waals surface area contributed by atoms with Gasteiger partial charge >= 0.3 is 0 Å². The van der Waals surface area contributed by atoms with E-state index < -0.39 is 29.2 Å². The summed E-state index contributed by atoms with van der Waals surface area (Å²) in [5.41, 5.74) is -0.137. The van der Waals surface area contributed by atoms with Gasteiger partial charge in [0.1, 0.15) is 5.70 Å². The quantitative estimate of drug-likeness (QED) is 0.785. The summed E-state index contributed by atoms with van der Waals surface area (Å²) in [5, 5.41) is 11.3. The number of phenols is 1. The molecule has 2 rings (SSSR count). The summed E-state index contributed by atoms with van der Waals surface area (Å²) >= 11 is 0. The Morgan fingerprint density at radius 2 is 1.95 bits per heavy atom. The summed E-state index contributed by atoms with van der Waals surface area (Å²) in [6.07, 6.45) is 1.13. The average Bonchev–Trinajstić information content (AvgIpc) is 2.72. The molecule has 0 atom stereocenters. The lowest BCUT2D eigenvalue weighted by molar-refractivity contribution is -0.123. The van der Waals surface area contributed by atoms with Crippen molar-refractivity contribution in [2.75, 3.05) is 14.1 Å². The maximum Gasteiger partial charge on any atom is 0.287 e. The van der Waals surface area contributed by atoms with Gasteiger partial charge in [-0.1, -0.05) is 0 Å². The van der Waals surface area contributed by atoms with Gasteiger partial charge in [0.15, 0.2) is 17.4 Å². The van der Waals surface area contributed by atoms with E-state index in [9.17, 15) is 18.4 Å². The van der Waals surface area contributed by atoms with Crippen LogP contribution in [-0.4, -0.2) is 41.8 Å². The molecule has 0 saturated carbocycles. The molecule has 21 heavy (non-hydrogen) atoms. The number of hydrogen-bond donors (Lipinski definition) is 2. The SMILES string of the molecule is CNC(=O)C1=N/C(=C/c2cc(F)c(O)c(F)c2)C(=O)N1C. The van der Waals surface area contributed by atoms with Crippen molar-refractivity contribution in [1.29, 1.82) is 0 Å². The largest absolute Gasteiger partial charge is 0.503 e. The highest BCUT2D eigenvalue weighted by Crippen LogP contribution is 2.24. The van der Waals surface area contributed by atoms with Crippen LogP contribution in [-0.2, 0) is 9.59 Å². The monoisotopic (exact) mass is 295 g/mol. The zero-order valence-electron chi connectivity index (χ0n) is 11.1. The molecule has 0 saturated heterocycles. The Bertz CT molecular complexity index is 675. The lowest BCUT2D eigenvalue weighted by atomic mass is 10.1. The molecule has 2 amide bonds. The standard InChI is InChI=1S/C13H11F2N3O3/c1-16-12(20)11-17-9(13(21)18(11)2)5-6-3-7(14)10(19)8(15)4-6/h3-5,19H,1-2H3,(H,16,20)/b9-5+. The first-order chi connectivity index (χ1) is 9.85. The minimum absolute atomic E-state index is 0.00135. The van der Waals surface area contributed by atoms with E-state index in [1.165, 1.54) is 14.1 Å². The lowest BCUT2D eigenvalue weighted by Crippen LogP contribution is -2.38. The Morgan fingerprint density at radius 3 is 2.48 bits per heavy atom. The molecule has 1 aromatic rings. The normalized spacial score (nSPS) is 16.4. The third kappa shape index (κ3) is 2.60. The number of halogens is 2. The van der Waals surface area contributed by atoms with E-state index in [0.29, 0.717) is 0 Å². The third-order valence-corrected chi connectivity index (χ3v) is 2.84. The molecule has 2 N–H and O–H groups in total. The first kappa shape index (κ1) is 14.6. The highest BCUT2D eigenvalue weighted by atomic mass is 19.1. The van der Waals surface area contributed by atoms with E-state index in [2.05, 4.69) is 10.3 Å². The van der Waals surface area contributed by atoms with Gasteiger partial charge in [-0.05, 0) is 23.8 Å². The molecule has 6 nitrogen and oxygen atoms in total. The molecule has 0 spiro atoms. The molecule has 0 aliphatic carbocycles. The van der Waals surface area contributed by atoms with Crippen molar-refractivity contribution in [2.24, 2.45) is 4.99 Å². The average molecular weight is 295 g/mol.